The SMILES string of the molecule is Cc1ccc([N+](=O)[O-])c(C2C(=O)NC(=O)C2Cl)c1. The molecule has 2 rings (SSSR count). The maximum atomic E-state index is 11.6. The molecule has 0 aromatic heterocycles. The molecule has 2 atom stereocenters. The molecule has 7 heteroatoms. The number of nitro benzene ring substituents is 1. The minimum absolute atomic E-state index is 0.170. The van der Waals surface area contributed by atoms with Gasteiger partial charge in [-0.15, -0.1) is 11.6 Å². The van der Waals surface area contributed by atoms with Gasteiger partial charge in [-0.25, -0.2) is 0 Å². The number of amides is 2. The first-order valence-corrected chi connectivity index (χ1v) is 5.59. The quantitative estimate of drug-likeness (QED) is 0.378. The summed E-state index contributed by atoms with van der Waals surface area (Å²) >= 11 is 5.83. The van der Waals surface area contributed by atoms with Gasteiger partial charge in [0.05, 0.1) is 10.8 Å². The van der Waals surface area contributed by atoms with Crippen LogP contribution in [0.25, 0.3) is 0 Å². The average molecular weight is 269 g/mol. The van der Waals surface area contributed by atoms with Crippen LogP contribution in [0.5, 0.6) is 0 Å². The van der Waals surface area contributed by atoms with Crippen LogP contribution in [0.3, 0.4) is 0 Å². The topological polar surface area (TPSA) is 89.3 Å². The number of nitrogens with one attached hydrogen (secondary N) is 1. The number of hydrogen-bond donors (Lipinski definition) is 1. The molecule has 0 bridgehead atoms. The highest BCUT2D eigenvalue weighted by Gasteiger charge is 2.44. The summed E-state index contributed by atoms with van der Waals surface area (Å²) in [5, 5.41) is 11.9. The molecule has 94 valence electrons. The van der Waals surface area contributed by atoms with Crippen LogP contribution in [-0.2, 0) is 9.59 Å². The van der Waals surface area contributed by atoms with Crippen LogP contribution in [-0.4, -0.2) is 22.1 Å². The van der Waals surface area contributed by atoms with Gasteiger partial charge in [-0.3, -0.25) is 25.0 Å². The number of carbonyl (C=O) groups excluding carboxylic acids is 2. The lowest BCUT2D eigenvalue weighted by molar-refractivity contribution is -0.385. The fourth-order valence-electron chi connectivity index (χ4n) is 1.94. The number of carbonyl (C=O) groups is 2. The second-order valence-electron chi connectivity index (χ2n) is 4.05. The summed E-state index contributed by atoms with van der Waals surface area (Å²) < 4.78 is 0. The second-order valence-corrected chi connectivity index (χ2v) is 4.52. The highest BCUT2D eigenvalue weighted by Crippen LogP contribution is 2.35. The van der Waals surface area contributed by atoms with Crippen LogP contribution in [0.1, 0.15) is 17.0 Å². The van der Waals surface area contributed by atoms with E-state index in [1.54, 1.807) is 13.0 Å². The maximum absolute atomic E-state index is 11.6. The van der Waals surface area contributed by atoms with Gasteiger partial charge >= 0.3 is 0 Å². The third kappa shape index (κ3) is 1.95. The Bertz CT molecular complexity index is 558. The molecule has 6 nitrogen and oxygen atoms in total. The van der Waals surface area contributed by atoms with Crippen molar-refractivity contribution in [2.75, 3.05) is 0 Å². The van der Waals surface area contributed by atoms with Crippen LogP contribution in [0.4, 0.5) is 5.69 Å². The predicted molar refractivity (Wildman–Crippen MR) is 63.4 cm³/mol. The highest BCUT2D eigenvalue weighted by atomic mass is 35.5. The first-order chi connectivity index (χ1) is 8.41. The van der Waals surface area contributed by atoms with Gasteiger partial charge in [0.15, 0.2) is 0 Å². The standard InChI is InChI=1S/C11H9ClN2O4/c1-5-2-3-7(14(17)18)6(4-5)8-9(12)11(16)13-10(8)15/h2-4,8-9H,1H3,(H,13,15,16). The van der Waals surface area contributed by atoms with E-state index in [0.29, 0.717) is 0 Å². The van der Waals surface area contributed by atoms with E-state index in [2.05, 4.69) is 5.32 Å². The van der Waals surface area contributed by atoms with E-state index in [1.165, 1.54) is 12.1 Å². The summed E-state index contributed by atoms with van der Waals surface area (Å²) in [5.41, 5.74) is 0.719. The summed E-state index contributed by atoms with van der Waals surface area (Å²) in [6, 6.07) is 4.39. The van der Waals surface area contributed by atoms with Gasteiger partial charge in [-0.2, -0.15) is 0 Å². The summed E-state index contributed by atoms with van der Waals surface area (Å²) in [6.07, 6.45) is 0. The van der Waals surface area contributed by atoms with Crippen molar-refractivity contribution in [3.8, 4) is 0 Å². The number of imide groups is 1. The first kappa shape index (κ1) is 12.5. The van der Waals surface area contributed by atoms with E-state index >= 15 is 0 Å². The summed E-state index contributed by atoms with van der Waals surface area (Å²) in [4.78, 5) is 33.3. The van der Waals surface area contributed by atoms with Crippen molar-refractivity contribution in [2.45, 2.75) is 18.2 Å². The molecule has 1 aliphatic rings. The Morgan fingerprint density at radius 2 is 2.00 bits per heavy atom. The molecule has 1 saturated heterocycles. The third-order valence-corrected chi connectivity index (χ3v) is 3.24. The Morgan fingerprint density at radius 1 is 1.33 bits per heavy atom. The Morgan fingerprint density at radius 3 is 2.50 bits per heavy atom. The van der Waals surface area contributed by atoms with Gasteiger partial charge in [-0.1, -0.05) is 11.6 Å². The van der Waals surface area contributed by atoms with E-state index in [9.17, 15) is 19.7 Å². The number of benzene rings is 1. The fraction of sp³-hybridized carbons (Fsp3) is 0.273. The molecular weight excluding hydrogens is 260 g/mol. The molecule has 1 N–H and O–H groups in total. The van der Waals surface area contributed by atoms with Gasteiger partial charge in [0.1, 0.15) is 5.38 Å². The van der Waals surface area contributed by atoms with Crippen LogP contribution in [0, 0.1) is 17.0 Å². The molecule has 18 heavy (non-hydrogen) atoms. The number of alkyl halides is 1. The van der Waals surface area contributed by atoms with Gasteiger partial charge in [0.2, 0.25) is 11.8 Å². The van der Waals surface area contributed by atoms with E-state index in [1.807, 2.05) is 0 Å². The number of hydrogen-bond acceptors (Lipinski definition) is 4. The lowest BCUT2D eigenvalue weighted by atomic mass is 9.94. The van der Waals surface area contributed by atoms with Crippen molar-refractivity contribution in [3.05, 3.63) is 39.4 Å². The van der Waals surface area contributed by atoms with E-state index in [0.717, 1.165) is 5.56 Å². The average Bonchev–Trinajstić information content (AvgIpc) is 2.52. The lowest BCUT2D eigenvalue weighted by Gasteiger charge is -2.11. The molecule has 2 amide bonds. The number of nitrogens with zero attached hydrogens (tertiary/aromatic N) is 1. The van der Waals surface area contributed by atoms with Crippen LogP contribution in [0.2, 0.25) is 0 Å². The molecule has 0 radical (unpaired) electrons. The van der Waals surface area contributed by atoms with Crippen LogP contribution in [0.15, 0.2) is 18.2 Å². The van der Waals surface area contributed by atoms with Crippen molar-refractivity contribution in [2.24, 2.45) is 0 Å². The largest absolute Gasteiger partial charge is 0.295 e. The zero-order valence-electron chi connectivity index (χ0n) is 9.34. The lowest BCUT2D eigenvalue weighted by Crippen LogP contribution is -2.22. The highest BCUT2D eigenvalue weighted by molar-refractivity contribution is 6.37. The summed E-state index contributed by atoms with van der Waals surface area (Å²) in [6.45, 7) is 1.74. The van der Waals surface area contributed by atoms with Crippen LogP contribution >= 0.6 is 11.6 Å². The van der Waals surface area contributed by atoms with Crippen molar-refractivity contribution in [1.29, 1.82) is 0 Å². The second kappa shape index (κ2) is 4.38. The van der Waals surface area contributed by atoms with Gasteiger partial charge in [-0.05, 0) is 13.0 Å². The molecule has 1 aliphatic heterocycles. The zero-order chi connectivity index (χ0) is 13.4. The number of halogens is 1. The first-order valence-electron chi connectivity index (χ1n) is 5.15. The molecular formula is C11H9ClN2O4. The molecule has 0 spiro atoms. The number of nitro groups is 1. The maximum Gasteiger partial charge on any atom is 0.273 e. The summed E-state index contributed by atoms with van der Waals surface area (Å²) in [7, 11) is 0. The van der Waals surface area contributed by atoms with Gasteiger partial charge < -0.3 is 0 Å². The predicted octanol–water partition coefficient (Wildman–Crippen LogP) is 1.25. The van der Waals surface area contributed by atoms with E-state index < -0.39 is 28.0 Å². The number of rotatable bonds is 2. The molecule has 0 aliphatic carbocycles. The Kier molecular flexibility index (Phi) is 3.04. The molecule has 1 aromatic carbocycles. The Labute approximate surface area is 107 Å². The van der Waals surface area contributed by atoms with Crippen LogP contribution < -0.4 is 5.32 Å². The molecule has 1 heterocycles. The van der Waals surface area contributed by atoms with Gasteiger partial charge in [0, 0.05) is 11.6 Å². The Balaban J connectivity index is 2.56. The molecule has 2 unspecified atom stereocenters. The number of aryl methyl sites for hydroxylation is 1. The van der Waals surface area contributed by atoms with E-state index in [-0.39, 0.29) is 11.3 Å². The third-order valence-electron chi connectivity index (χ3n) is 2.79. The fourth-order valence-corrected chi connectivity index (χ4v) is 2.25. The zero-order valence-corrected chi connectivity index (χ0v) is 10.1. The molecule has 0 saturated carbocycles. The van der Waals surface area contributed by atoms with Crippen molar-refractivity contribution < 1.29 is 14.5 Å². The smallest absolute Gasteiger partial charge is 0.273 e. The van der Waals surface area contributed by atoms with E-state index in [4.69, 9.17) is 11.6 Å². The van der Waals surface area contributed by atoms with Crippen molar-refractivity contribution in [1.82, 2.24) is 5.32 Å². The minimum atomic E-state index is -1.11. The summed E-state index contributed by atoms with van der Waals surface area (Å²) in [5.74, 6) is -2.24. The van der Waals surface area contributed by atoms with Crippen molar-refractivity contribution in [3.63, 3.8) is 0 Å². The molecule has 1 fully saturated rings. The monoisotopic (exact) mass is 268 g/mol. The normalized spacial score (nSPS) is 23.0. The Hall–Kier alpha value is -1.95. The molecule has 1 aromatic rings. The van der Waals surface area contributed by atoms with Crippen molar-refractivity contribution >= 4 is 29.1 Å². The van der Waals surface area contributed by atoms with Gasteiger partial charge in [0.25, 0.3) is 5.69 Å². The minimum Gasteiger partial charge on any atom is -0.295 e.